The van der Waals surface area contributed by atoms with Crippen LogP contribution >= 0.6 is 0 Å². The van der Waals surface area contributed by atoms with E-state index in [1.165, 1.54) is 0 Å². The second-order valence-electron chi connectivity index (χ2n) is 2.86. The highest BCUT2D eigenvalue weighted by molar-refractivity contribution is 5.91. The lowest BCUT2D eigenvalue weighted by molar-refractivity contribution is -0.114. The van der Waals surface area contributed by atoms with Gasteiger partial charge in [0.15, 0.2) is 0 Å². The topological polar surface area (TPSA) is 63.3 Å². The monoisotopic (exact) mass is 159 g/mol. The Hall–Kier alpha value is -0.830. The normalized spacial score (nSPS) is 8.45. The van der Waals surface area contributed by atoms with Gasteiger partial charge in [0, 0.05) is 5.57 Å². The Bertz CT molecular complexity index is 127. The Morgan fingerprint density at radius 3 is 1.82 bits per heavy atom. The quantitative estimate of drug-likeness (QED) is 0.582. The van der Waals surface area contributed by atoms with Gasteiger partial charge in [0.05, 0.1) is 6.61 Å². The third-order valence-electron chi connectivity index (χ3n) is 0.539. The summed E-state index contributed by atoms with van der Waals surface area (Å²) < 4.78 is 0. The molecule has 0 saturated carbocycles. The summed E-state index contributed by atoms with van der Waals surface area (Å²) in [7, 11) is 0. The van der Waals surface area contributed by atoms with E-state index in [0.717, 1.165) is 5.92 Å². The summed E-state index contributed by atoms with van der Waals surface area (Å²) in [6.07, 6.45) is 0. The molecule has 0 unspecified atom stereocenters. The standard InChI is InChI=1S/C4H7NO2.C4H10/c1-3(2-6)4(5)7;1-4(2)3/h6H,1-2H2,(H2,5,7);4H,1-3H3. The molecule has 0 rings (SSSR count). The summed E-state index contributed by atoms with van der Waals surface area (Å²) in [5, 5.41) is 8.10. The summed E-state index contributed by atoms with van der Waals surface area (Å²) in [5.74, 6) is 0.183. The highest BCUT2D eigenvalue weighted by Crippen LogP contribution is 1.81. The second kappa shape index (κ2) is 7.28. The Labute approximate surface area is 67.9 Å². The van der Waals surface area contributed by atoms with Crippen LogP contribution in [0.4, 0.5) is 0 Å². The van der Waals surface area contributed by atoms with Crippen LogP contribution in [0.25, 0.3) is 0 Å². The number of nitrogens with two attached hydrogens (primary N) is 1. The van der Waals surface area contributed by atoms with Crippen molar-refractivity contribution in [3.63, 3.8) is 0 Å². The minimum Gasteiger partial charge on any atom is -0.391 e. The van der Waals surface area contributed by atoms with Crippen LogP contribution in [0.1, 0.15) is 20.8 Å². The van der Waals surface area contributed by atoms with Crippen LogP contribution in [0, 0.1) is 5.92 Å². The van der Waals surface area contributed by atoms with Gasteiger partial charge in [-0.1, -0.05) is 27.4 Å². The number of hydrogen-bond acceptors (Lipinski definition) is 2. The first kappa shape index (κ1) is 12.8. The molecule has 0 aromatic carbocycles. The van der Waals surface area contributed by atoms with E-state index in [1.807, 2.05) is 0 Å². The molecule has 0 aliphatic carbocycles. The maximum Gasteiger partial charge on any atom is 0.246 e. The molecular formula is C8H17NO2. The molecular weight excluding hydrogens is 142 g/mol. The zero-order chi connectivity index (χ0) is 9.44. The van der Waals surface area contributed by atoms with Crippen molar-refractivity contribution < 1.29 is 9.90 Å². The van der Waals surface area contributed by atoms with E-state index >= 15 is 0 Å². The molecule has 0 fully saturated rings. The Kier molecular flexibility index (Phi) is 8.48. The fraction of sp³-hybridized carbons (Fsp3) is 0.625. The van der Waals surface area contributed by atoms with Crippen LogP contribution in [-0.2, 0) is 4.79 Å². The smallest absolute Gasteiger partial charge is 0.246 e. The summed E-state index contributed by atoms with van der Waals surface area (Å²) in [6.45, 7) is 9.30. The lowest BCUT2D eigenvalue weighted by Gasteiger charge is -1.88. The van der Waals surface area contributed by atoms with Crippen LogP contribution in [0.15, 0.2) is 12.2 Å². The zero-order valence-corrected chi connectivity index (χ0v) is 7.42. The summed E-state index contributed by atoms with van der Waals surface area (Å²) in [4.78, 5) is 9.89. The number of aliphatic hydroxyl groups is 1. The molecule has 0 atom stereocenters. The number of carbonyl (C=O) groups excluding carboxylic acids is 1. The van der Waals surface area contributed by atoms with E-state index in [0.29, 0.717) is 0 Å². The van der Waals surface area contributed by atoms with Gasteiger partial charge in [0.2, 0.25) is 5.91 Å². The Morgan fingerprint density at radius 1 is 1.55 bits per heavy atom. The van der Waals surface area contributed by atoms with E-state index in [4.69, 9.17) is 5.11 Å². The lowest BCUT2D eigenvalue weighted by atomic mass is 10.3. The second-order valence-corrected chi connectivity index (χ2v) is 2.86. The zero-order valence-electron chi connectivity index (χ0n) is 7.42. The van der Waals surface area contributed by atoms with Crippen molar-refractivity contribution >= 4 is 5.91 Å². The fourth-order valence-electron chi connectivity index (χ4n) is 0.0779. The molecule has 3 nitrogen and oxygen atoms in total. The predicted molar refractivity (Wildman–Crippen MR) is 45.9 cm³/mol. The number of aliphatic hydroxyl groups excluding tert-OH is 1. The molecule has 1 amide bonds. The fourth-order valence-corrected chi connectivity index (χ4v) is 0.0779. The molecule has 0 spiro atoms. The van der Waals surface area contributed by atoms with Crippen LogP contribution < -0.4 is 5.73 Å². The van der Waals surface area contributed by atoms with E-state index in [-0.39, 0.29) is 12.2 Å². The van der Waals surface area contributed by atoms with Crippen LogP contribution in [0.2, 0.25) is 0 Å². The number of hydrogen-bond donors (Lipinski definition) is 2. The highest BCUT2D eigenvalue weighted by atomic mass is 16.3. The average molecular weight is 159 g/mol. The first-order valence-corrected chi connectivity index (χ1v) is 3.50. The van der Waals surface area contributed by atoms with Gasteiger partial charge in [-0.05, 0) is 5.92 Å². The first-order chi connectivity index (χ1) is 4.91. The molecule has 0 aliphatic heterocycles. The van der Waals surface area contributed by atoms with Gasteiger partial charge < -0.3 is 10.8 Å². The minimum absolute atomic E-state index is 0.0417. The van der Waals surface area contributed by atoms with Gasteiger partial charge >= 0.3 is 0 Å². The van der Waals surface area contributed by atoms with Crippen molar-refractivity contribution in [1.82, 2.24) is 0 Å². The number of amides is 1. The van der Waals surface area contributed by atoms with Crippen molar-refractivity contribution in [1.29, 1.82) is 0 Å². The first-order valence-electron chi connectivity index (χ1n) is 3.50. The van der Waals surface area contributed by atoms with Gasteiger partial charge in [0.1, 0.15) is 0 Å². The number of carbonyl (C=O) groups is 1. The van der Waals surface area contributed by atoms with Gasteiger partial charge in [-0.2, -0.15) is 0 Å². The van der Waals surface area contributed by atoms with Gasteiger partial charge in [-0.15, -0.1) is 0 Å². The van der Waals surface area contributed by atoms with Crippen LogP contribution in [-0.4, -0.2) is 17.6 Å². The minimum atomic E-state index is -0.650. The predicted octanol–water partition coefficient (Wildman–Crippen LogP) is 0.682. The lowest BCUT2D eigenvalue weighted by Crippen LogP contribution is -2.14. The third-order valence-corrected chi connectivity index (χ3v) is 0.539. The molecule has 0 bridgehead atoms. The molecule has 0 aliphatic rings. The Morgan fingerprint density at radius 2 is 1.82 bits per heavy atom. The van der Waals surface area contributed by atoms with Crippen molar-refractivity contribution in [3.8, 4) is 0 Å². The SMILES string of the molecule is C=C(CO)C(N)=O.CC(C)C. The van der Waals surface area contributed by atoms with Crippen molar-refractivity contribution in [2.24, 2.45) is 11.7 Å². The molecule has 3 heteroatoms. The molecule has 3 N–H and O–H groups in total. The van der Waals surface area contributed by atoms with Crippen molar-refractivity contribution in [3.05, 3.63) is 12.2 Å². The molecule has 0 radical (unpaired) electrons. The van der Waals surface area contributed by atoms with E-state index in [9.17, 15) is 4.79 Å². The van der Waals surface area contributed by atoms with Crippen LogP contribution in [0.5, 0.6) is 0 Å². The Balaban J connectivity index is 0. The number of rotatable bonds is 2. The van der Waals surface area contributed by atoms with E-state index in [1.54, 1.807) is 0 Å². The van der Waals surface area contributed by atoms with Gasteiger partial charge in [-0.25, -0.2) is 0 Å². The van der Waals surface area contributed by atoms with Gasteiger partial charge in [0.25, 0.3) is 0 Å². The van der Waals surface area contributed by atoms with Crippen LogP contribution in [0.3, 0.4) is 0 Å². The maximum absolute atomic E-state index is 9.89. The molecule has 66 valence electrons. The molecule has 0 saturated heterocycles. The summed E-state index contributed by atoms with van der Waals surface area (Å²) in [6, 6.07) is 0. The van der Waals surface area contributed by atoms with E-state index < -0.39 is 5.91 Å². The van der Waals surface area contributed by atoms with E-state index in [2.05, 4.69) is 33.1 Å². The molecule has 0 heterocycles. The largest absolute Gasteiger partial charge is 0.391 e. The summed E-state index contributed by atoms with van der Waals surface area (Å²) in [5.41, 5.74) is 4.69. The maximum atomic E-state index is 9.89. The highest BCUT2D eigenvalue weighted by Gasteiger charge is 1.94. The van der Waals surface area contributed by atoms with Gasteiger partial charge in [-0.3, -0.25) is 4.79 Å². The molecule has 11 heavy (non-hydrogen) atoms. The molecule has 0 aromatic heterocycles. The molecule has 0 aromatic rings. The van der Waals surface area contributed by atoms with Crippen molar-refractivity contribution in [2.45, 2.75) is 20.8 Å². The average Bonchev–Trinajstić information content (AvgIpc) is 1.85. The third kappa shape index (κ3) is 17.6. The number of primary amides is 1. The summed E-state index contributed by atoms with van der Waals surface area (Å²) >= 11 is 0. The van der Waals surface area contributed by atoms with Crippen molar-refractivity contribution in [2.75, 3.05) is 6.61 Å².